The molecule has 0 aliphatic rings. The van der Waals surface area contributed by atoms with Crippen molar-refractivity contribution in [1.29, 1.82) is 0 Å². The summed E-state index contributed by atoms with van der Waals surface area (Å²) in [6.07, 6.45) is -3.59. The van der Waals surface area contributed by atoms with Gasteiger partial charge in [0.25, 0.3) is 0 Å². The van der Waals surface area contributed by atoms with Crippen LogP contribution in [0.2, 0.25) is 0 Å². The lowest BCUT2D eigenvalue weighted by atomic mass is 10.2. The summed E-state index contributed by atoms with van der Waals surface area (Å²) in [6.45, 7) is 1.74. The predicted octanol–water partition coefficient (Wildman–Crippen LogP) is 2.55. The lowest BCUT2D eigenvalue weighted by Gasteiger charge is -2.10. The van der Waals surface area contributed by atoms with E-state index >= 15 is 0 Å². The molecular formula is C10H12F3N3O4S. The number of nitro groups is 1. The van der Waals surface area contributed by atoms with Crippen LogP contribution in [0.4, 0.5) is 24.7 Å². The molecule has 0 saturated carbocycles. The molecule has 0 bridgehead atoms. The second-order valence-corrected chi connectivity index (χ2v) is 5.96. The van der Waals surface area contributed by atoms with Crippen molar-refractivity contribution in [2.75, 3.05) is 10.5 Å². The van der Waals surface area contributed by atoms with Crippen molar-refractivity contribution in [3.8, 4) is 0 Å². The van der Waals surface area contributed by atoms with E-state index in [0.717, 1.165) is 0 Å². The van der Waals surface area contributed by atoms with Crippen LogP contribution in [0.25, 0.3) is 0 Å². The van der Waals surface area contributed by atoms with E-state index in [9.17, 15) is 31.7 Å². The van der Waals surface area contributed by atoms with E-state index in [1.165, 1.54) is 0 Å². The molecule has 1 N–H and O–H groups in total. The first-order valence-corrected chi connectivity index (χ1v) is 7.44. The molecule has 1 aromatic rings. The molecule has 11 heteroatoms. The Morgan fingerprint density at radius 3 is 2.52 bits per heavy atom. The Morgan fingerprint density at radius 2 is 2.05 bits per heavy atom. The maximum atomic E-state index is 12.5. The zero-order chi connectivity index (χ0) is 16.3. The summed E-state index contributed by atoms with van der Waals surface area (Å²) in [5, 5.41) is 10.8. The number of unbranched alkanes of at least 4 members (excludes halogenated alkanes) is 1. The molecule has 21 heavy (non-hydrogen) atoms. The summed E-state index contributed by atoms with van der Waals surface area (Å²) in [7, 11) is -3.90. The first-order chi connectivity index (χ1) is 9.57. The van der Waals surface area contributed by atoms with Crippen molar-refractivity contribution >= 4 is 21.5 Å². The van der Waals surface area contributed by atoms with Crippen molar-refractivity contribution in [1.82, 2.24) is 4.98 Å². The third-order valence-electron chi connectivity index (χ3n) is 2.41. The number of aromatic nitrogens is 1. The molecule has 1 heterocycles. The minimum absolute atomic E-state index is 0.241. The quantitative estimate of drug-likeness (QED) is 0.639. The Balaban J connectivity index is 3.17. The molecule has 118 valence electrons. The molecule has 1 rings (SSSR count). The van der Waals surface area contributed by atoms with Crippen LogP contribution in [0.15, 0.2) is 12.3 Å². The zero-order valence-corrected chi connectivity index (χ0v) is 11.7. The van der Waals surface area contributed by atoms with Crippen molar-refractivity contribution in [2.45, 2.75) is 25.9 Å². The number of anilines is 1. The Bertz CT molecular complexity index is 631. The van der Waals surface area contributed by atoms with Gasteiger partial charge in [-0.2, -0.15) is 13.2 Å². The molecule has 0 aromatic carbocycles. The highest BCUT2D eigenvalue weighted by Crippen LogP contribution is 2.33. The van der Waals surface area contributed by atoms with Crippen LogP contribution >= 0.6 is 0 Å². The molecule has 0 aliphatic heterocycles. The van der Waals surface area contributed by atoms with Gasteiger partial charge in [0.2, 0.25) is 15.8 Å². The third kappa shape index (κ3) is 4.85. The molecular weight excluding hydrogens is 315 g/mol. The van der Waals surface area contributed by atoms with Crippen LogP contribution in [0.5, 0.6) is 0 Å². The highest BCUT2D eigenvalue weighted by atomic mass is 32.2. The Kier molecular flexibility index (Phi) is 5.10. The molecule has 0 amide bonds. The molecule has 1 aromatic heterocycles. The van der Waals surface area contributed by atoms with Gasteiger partial charge < -0.3 is 0 Å². The number of nitrogens with zero attached hydrogens (tertiary/aromatic N) is 2. The minimum Gasteiger partial charge on any atom is -0.262 e. The number of pyridine rings is 1. The highest BCUT2D eigenvalue weighted by Gasteiger charge is 2.34. The SMILES string of the molecule is CCCCS(=O)(=O)Nc1ncc(C(F)(F)F)cc1[N+](=O)[O-]. The van der Waals surface area contributed by atoms with Crippen molar-refractivity contribution in [2.24, 2.45) is 0 Å². The second-order valence-electron chi connectivity index (χ2n) is 4.12. The first-order valence-electron chi connectivity index (χ1n) is 5.79. The Hall–Kier alpha value is -1.91. The van der Waals surface area contributed by atoms with E-state index in [0.29, 0.717) is 19.0 Å². The molecule has 0 spiro atoms. The van der Waals surface area contributed by atoms with Gasteiger partial charge in [0.05, 0.1) is 16.2 Å². The monoisotopic (exact) mass is 327 g/mol. The van der Waals surface area contributed by atoms with E-state index in [-0.39, 0.29) is 11.8 Å². The predicted molar refractivity (Wildman–Crippen MR) is 68.2 cm³/mol. The van der Waals surface area contributed by atoms with Crippen LogP contribution in [0, 0.1) is 10.1 Å². The minimum atomic E-state index is -4.81. The van der Waals surface area contributed by atoms with Crippen molar-refractivity contribution in [3.63, 3.8) is 0 Å². The van der Waals surface area contributed by atoms with E-state index < -0.39 is 38.2 Å². The molecule has 0 saturated heterocycles. The average molecular weight is 327 g/mol. The lowest BCUT2D eigenvalue weighted by molar-refractivity contribution is -0.384. The Morgan fingerprint density at radius 1 is 1.43 bits per heavy atom. The number of hydrogen-bond donors (Lipinski definition) is 1. The van der Waals surface area contributed by atoms with Crippen LogP contribution in [-0.2, 0) is 16.2 Å². The zero-order valence-electron chi connectivity index (χ0n) is 10.8. The number of alkyl halides is 3. The summed E-state index contributed by atoms with van der Waals surface area (Å²) in [5.74, 6) is -1.03. The van der Waals surface area contributed by atoms with E-state index in [1.54, 1.807) is 6.92 Å². The van der Waals surface area contributed by atoms with Gasteiger partial charge in [0.15, 0.2) is 0 Å². The summed E-state index contributed by atoms with van der Waals surface area (Å²) >= 11 is 0. The third-order valence-corrected chi connectivity index (χ3v) is 3.74. The van der Waals surface area contributed by atoms with E-state index in [4.69, 9.17) is 0 Å². The smallest absolute Gasteiger partial charge is 0.262 e. The van der Waals surface area contributed by atoms with Crippen LogP contribution in [0.3, 0.4) is 0 Å². The number of halogens is 3. The fourth-order valence-electron chi connectivity index (χ4n) is 1.36. The van der Waals surface area contributed by atoms with Crippen molar-refractivity contribution in [3.05, 3.63) is 27.9 Å². The largest absolute Gasteiger partial charge is 0.418 e. The van der Waals surface area contributed by atoms with Gasteiger partial charge >= 0.3 is 11.9 Å². The van der Waals surface area contributed by atoms with Gasteiger partial charge in [-0.25, -0.2) is 13.4 Å². The topological polar surface area (TPSA) is 102 Å². The average Bonchev–Trinajstić information content (AvgIpc) is 2.34. The molecule has 0 aliphatic carbocycles. The first kappa shape index (κ1) is 17.1. The van der Waals surface area contributed by atoms with Gasteiger partial charge in [0.1, 0.15) is 0 Å². The van der Waals surface area contributed by atoms with Crippen molar-refractivity contribution < 1.29 is 26.5 Å². The van der Waals surface area contributed by atoms with E-state index in [1.807, 2.05) is 4.72 Å². The van der Waals surface area contributed by atoms with Gasteiger partial charge in [-0.05, 0) is 6.42 Å². The van der Waals surface area contributed by atoms with E-state index in [2.05, 4.69) is 4.98 Å². The maximum Gasteiger partial charge on any atom is 0.418 e. The summed E-state index contributed by atoms with van der Waals surface area (Å²) in [4.78, 5) is 12.8. The molecule has 7 nitrogen and oxygen atoms in total. The fraction of sp³-hybridized carbons (Fsp3) is 0.500. The van der Waals surface area contributed by atoms with Gasteiger partial charge in [-0.15, -0.1) is 0 Å². The molecule has 0 radical (unpaired) electrons. The molecule has 0 fully saturated rings. The van der Waals surface area contributed by atoms with Gasteiger partial charge in [0, 0.05) is 12.3 Å². The number of rotatable bonds is 6. The summed E-state index contributed by atoms with van der Waals surface area (Å²) < 4.78 is 62.5. The van der Waals surface area contributed by atoms with Gasteiger partial charge in [-0.1, -0.05) is 13.3 Å². The maximum absolute atomic E-state index is 12.5. The molecule has 0 atom stereocenters. The van der Waals surface area contributed by atoms with Crippen LogP contribution in [0.1, 0.15) is 25.3 Å². The number of hydrogen-bond acceptors (Lipinski definition) is 5. The Labute approximate surface area is 118 Å². The number of sulfonamides is 1. The lowest BCUT2D eigenvalue weighted by Crippen LogP contribution is -2.19. The molecule has 0 unspecified atom stereocenters. The van der Waals surface area contributed by atoms with Crippen LogP contribution in [-0.4, -0.2) is 24.1 Å². The van der Waals surface area contributed by atoms with Crippen LogP contribution < -0.4 is 4.72 Å². The standard InChI is InChI=1S/C10H12F3N3O4S/c1-2-3-4-21(19,20)15-9-8(16(17)18)5-7(6-14-9)10(11,12)13/h5-6H,2-4H2,1H3,(H,14,15). The fourth-order valence-corrected chi connectivity index (χ4v) is 2.58. The summed E-state index contributed by atoms with van der Waals surface area (Å²) in [6, 6.07) is 0.241. The van der Waals surface area contributed by atoms with Gasteiger partial charge in [-0.3, -0.25) is 14.8 Å². The number of nitrogens with one attached hydrogen (secondary N) is 1. The highest BCUT2D eigenvalue weighted by molar-refractivity contribution is 7.92. The normalized spacial score (nSPS) is 12.2. The summed E-state index contributed by atoms with van der Waals surface area (Å²) in [5.41, 5.74) is -2.38. The second kappa shape index (κ2) is 6.24.